The van der Waals surface area contributed by atoms with Crippen LogP contribution >= 0.6 is 0 Å². The van der Waals surface area contributed by atoms with E-state index in [0.717, 1.165) is 0 Å². The van der Waals surface area contributed by atoms with Crippen molar-refractivity contribution in [2.75, 3.05) is 18.4 Å². The molecule has 0 saturated heterocycles. The van der Waals surface area contributed by atoms with Crippen LogP contribution in [0.3, 0.4) is 0 Å². The van der Waals surface area contributed by atoms with Gasteiger partial charge in [-0.3, -0.25) is 14.4 Å². The summed E-state index contributed by atoms with van der Waals surface area (Å²) >= 11 is 0. The normalized spacial score (nSPS) is 10.0. The highest BCUT2D eigenvalue weighted by Gasteiger charge is 2.08. The largest absolute Gasteiger partial charge is 0.354 e. The topological polar surface area (TPSA) is 100 Å². The molecule has 0 bridgehead atoms. The number of hydrogen-bond donors (Lipinski definition) is 3. The van der Waals surface area contributed by atoms with Crippen molar-refractivity contribution in [3.63, 3.8) is 0 Å². The summed E-state index contributed by atoms with van der Waals surface area (Å²) in [5.41, 5.74) is 0.522. The number of anilines is 1. The number of pyridine rings is 1. The Hall–Kier alpha value is -3.29. The van der Waals surface area contributed by atoms with Gasteiger partial charge in [0.25, 0.3) is 0 Å². The van der Waals surface area contributed by atoms with Gasteiger partial charge in [0.15, 0.2) is 0 Å². The number of benzene rings is 1. The third-order valence-corrected chi connectivity index (χ3v) is 3.31. The molecule has 0 aliphatic carbocycles. The van der Waals surface area contributed by atoms with Gasteiger partial charge in [0.1, 0.15) is 11.6 Å². The highest BCUT2D eigenvalue weighted by Crippen LogP contribution is 2.04. The van der Waals surface area contributed by atoms with E-state index in [-0.39, 0.29) is 31.8 Å². The standard InChI is InChI=1S/C18H19FN4O3/c19-14-5-3-4-13(10-14)11-17(25)22-12-18(26)21-9-7-16(24)23-15-6-1-2-8-20-15/h1-6,8,10H,7,9,11-12H2,(H,21,26)(H,22,25)(H,20,23,24). The second-order valence-electron chi connectivity index (χ2n) is 5.45. The molecule has 0 spiro atoms. The molecule has 7 nitrogen and oxygen atoms in total. The number of carbonyl (C=O) groups is 3. The van der Waals surface area contributed by atoms with Crippen LogP contribution < -0.4 is 16.0 Å². The van der Waals surface area contributed by atoms with Crippen LogP contribution in [0.4, 0.5) is 10.2 Å². The number of aromatic nitrogens is 1. The molecule has 26 heavy (non-hydrogen) atoms. The number of carbonyl (C=O) groups excluding carboxylic acids is 3. The number of rotatable bonds is 8. The van der Waals surface area contributed by atoms with Crippen LogP contribution in [0, 0.1) is 5.82 Å². The van der Waals surface area contributed by atoms with E-state index in [2.05, 4.69) is 20.9 Å². The SMILES string of the molecule is O=C(CNC(=O)Cc1cccc(F)c1)NCCC(=O)Nc1ccccn1. The number of halogens is 1. The molecule has 0 saturated carbocycles. The second-order valence-corrected chi connectivity index (χ2v) is 5.45. The Bertz CT molecular complexity index is 768. The molecule has 0 unspecified atom stereocenters. The summed E-state index contributed by atoms with van der Waals surface area (Å²) in [5, 5.41) is 7.57. The van der Waals surface area contributed by atoms with Gasteiger partial charge in [-0.25, -0.2) is 9.37 Å². The molecule has 2 aromatic rings. The van der Waals surface area contributed by atoms with E-state index in [9.17, 15) is 18.8 Å². The molecular weight excluding hydrogens is 339 g/mol. The minimum atomic E-state index is -0.419. The zero-order valence-corrected chi connectivity index (χ0v) is 14.0. The fraction of sp³-hybridized carbons (Fsp3) is 0.222. The van der Waals surface area contributed by atoms with Gasteiger partial charge >= 0.3 is 0 Å². The number of amides is 3. The summed E-state index contributed by atoms with van der Waals surface area (Å²) in [4.78, 5) is 39.0. The first-order valence-corrected chi connectivity index (χ1v) is 8.01. The smallest absolute Gasteiger partial charge is 0.239 e. The van der Waals surface area contributed by atoms with E-state index in [1.165, 1.54) is 18.2 Å². The molecular formula is C18H19FN4O3. The third kappa shape index (κ3) is 7.08. The summed E-state index contributed by atoms with van der Waals surface area (Å²) in [6.07, 6.45) is 1.63. The second kappa shape index (κ2) is 9.87. The zero-order valence-electron chi connectivity index (χ0n) is 14.0. The molecule has 1 aromatic heterocycles. The fourth-order valence-electron chi connectivity index (χ4n) is 2.09. The Morgan fingerprint density at radius 3 is 2.54 bits per heavy atom. The average molecular weight is 358 g/mol. The molecule has 0 aliphatic rings. The van der Waals surface area contributed by atoms with E-state index in [0.29, 0.717) is 11.4 Å². The van der Waals surface area contributed by atoms with Crippen molar-refractivity contribution in [1.29, 1.82) is 0 Å². The molecule has 3 amide bonds. The minimum Gasteiger partial charge on any atom is -0.354 e. The first-order valence-electron chi connectivity index (χ1n) is 8.01. The molecule has 2 rings (SSSR count). The van der Waals surface area contributed by atoms with Crippen LogP contribution in [-0.4, -0.2) is 35.8 Å². The Morgan fingerprint density at radius 2 is 1.81 bits per heavy atom. The van der Waals surface area contributed by atoms with Crippen molar-refractivity contribution >= 4 is 23.5 Å². The van der Waals surface area contributed by atoms with E-state index >= 15 is 0 Å². The molecule has 1 heterocycles. The van der Waals surface area contributed by atoms with Crippen LogP contribution in [0.25, 0.3) is 0 Å². The minimum absolute atomic E-state index is 0.0163. The maximum absolute atomic E-state index is 13.0. The summed E-state index contributed by atoms with van der Waals surface area (Å²) < 4.78 is 13.0. The van der Waals surface area contributed by atoms with E-state index in [1.54, 1.807) is 30.5 Å². The lowest BCUT2D eigenvalue weighted by atomic mass is 10.1. The fourth-order valence-corrected chi connectivity index (χ4v) is 2.09. The lowest BCUT2D eigenvalue weighted by molar-refractivity contribution is -0.125. The zero-order chi connectivity index (χ0) is 18.8. The van der Waals surface area contributed by atoms with Crippen LogP contribution in [-0.2, 0) is 20.8 Å². The first kappa shape index (κ1) is 19.0. The summed E-state index contributed by atoms with van der Waals surface area (Å²) in [7, 11) is 0. The number of nitrogens with zero attached hydrogens (tertiary/aromatic N) is 1. The first-order chi connectivity index (χ1) is 12.5. The van der Waals surface area contributed by atoms with Gasteiger partial charge < -0.3 is 16.0 Å². The van der Waals surface area contributed by atoms with Crippen molar-refractivity contribution in [1.82, 2.24) is 15.6 Å². The summed E-state index contributed by atoms with van der Waals surface area (Å²) in [6, 6.07) is 10.8. The van der Waals surface area contributed by atoms with Gasteiger partial charge in [0.05, 0.1) is 13.0 Å². The quantitative estimate of drug-likeness (QED) is 0.656. The van der Waals surface area contributed by atoms with Crippen LogP contribution in [0.2, 0.25) is 0 Å². The molecule has 1 aromatic carbocycles. The third-order valence-electron chi connectivity index (χ3n) is 3.31. The van der Waals surface area contributed by atoms with E-state index in [4.69, 9.17) is 0 Å². The highest BCUT2D eigenvalue weighted by atomic mass is 19.1. The molecule has 3 N–H and O–H groups in total. The van der Waals surface area contributed by atoms with E-state index < -0.39 is 17.6 Å². The van der Waals surface area contributed by atoms with Crippen LogP contribution in [0.15, 0.2) is 48.7 Å². The van der Waals surface area contributed by atoms with Crippen molar-refractivity contribution < 1.29 is 18.8 Å². The summed E-state index contributed by atoms with van der Waals surface area (Å²) in [6.45, 7) is -0.0761. The molecule has 0 aliphatic heterocycles. The average Bonchev–Trinajstić information content (AvgIpc) is 2.61. The van der Waals surface area contributed by atoms with Crippen molar-refractivity contribution in [2.45, 2.75) is 12.8 Å². The van der Waals surface area contributed by atoms with Gasteiger partial charge in [-0.1, -0.05) is 18.2 Å². The van der Waals surface area contributed by atoms with Gasteiger partial charge in [-0.15, -0.1) is 0 Å². The van der Waals surface area contributed by atoms with Gasteiger partial charge in [-0.05, 0) is 29.8 Å². The Kier molecular flexibility index (Phi) is 7.23. The molecule has 8 heteroatoms. The predicted octanol–water partition coefficient (Wildman–Crippen LogP) is 1.02. The van der Waals surface area contributed by atoms with Crippen molar-refractivity contribution in [3.05, 3.63) is 60.0 Å². The maximum Gasteiger partial charge on any atom is 0.239 e. The molecule has 0 atom stereocenters. The monoisotopic (exact) mass is 358 g/mol. The molecule has 136 valence electrons. The van der Waals surface area contributed by atoms with Crippen LogP contribution in [0.5, 0.6) is 0 Å². The molecule has 0 fully saturated rings. The van der Waals surface area contributed by atoms with E-state index in [1.807, 2.05) is 0 Å². The van der Waals surface area contributed by atoms with Crippen molar-refractivity contribution in [3.8, 4) is 0 Å². The molecule has 0 radical (unpaired) electrons. The van der Waals surface area contributed by atoms with Gasteiger partial charge in [0.2, 0.25) is 17.7 Å². The number of nitrogens with one attached hydrogen (secondary N) is 3. The van der Waals surface area contributed by atoms with Gasteiger partial charge in [-0.2, -0.15) is 0 Å². The lowest BCUT2D eigenvalue weighted by Crippen LogP contribution is -2.38. The lowest BCUT2D eigenvalue weighted by Gasteiger charge is -2.07. The Labute approximate surface area is 150 Å². The summed E-state index contributed by atoms with van der Waals surface area (Å²) in [5.74, 6) is -1.06. The van der Waals surface area contributed by atoms with Crippen molar-refractivity contribution in [2.24, 2.45) is 0 Å². The van der Waals surface area contributed by atoms with Gasteiger partial charge in [0, 0.05) is 19.2 Å². The van der Waals surface area contributed by atoms with Crippen LogP contribution in [0.1, 0.15) is 12.0 Å². The highest BCUT2D eigenvalue weighted by molar-refractivity contribution is 5.90. The Balaban J connectivity index is 1.61. The maximum atomic E-state index is 13.0. The predicted molar refractivity (Wildman–Crippen MR) is 93.6 cm³/mol. The Morgan fingerprint density at radius 1 is 0.962 bits per heavy atom. The number of hydrogen-bond acceptors (Lipinski definition) is 4.